The van der Waals surface area contributed by atoms with E-state index in [0.717, 1.165) is 5.76 Å². The molecule has 0 aliphatic rings. The van der Waals surface area contributed by atoms with Crippen LogP contribution in [0.25, 0.3) is 0 Å². The summed E-state index contributed by atoms with van der Waals surface area (Å²) in [4.78, 5) is 2.07. The number of hydrogen-bond acceptors (Lipinski definition) is 4. The van der Waals surface area contributed by atoms with E-state index in [1.165, 1.54) is 0 Å². The lowest BCUT2D eigenvalue weighted by molar-refractivity contribution is 0.170. The van der Waals surface area contributed by atoms with Crippen LogP contribution in [0.4, 0.5) is 0 Å². The highest BCUT2D eigenvalue weighted by Crippen LogP contribution is 2.21. The Balaban J connectivity index is 2.71. The Morgan fingerprint density at radius 1 is 1.67 bits per heavy atom. The minimum Gasteiger partial charge on any atom is -0.468 e. The average Bonchev–Trinajstić information content (AvgIpc) is 2.72. The number of rotatable bonds is 5. The predicted octanol–water partition coefficient (Wildman–Crippen LogP) is 1.51. The van der Waals surface area contributed by atoms with Crippen molar-refractivity contribution in [3.05, 3.63) is 24.2 Å². The number of furan rings is 1. The molecule has 0 aliphatic carbocycles. The van der Waals surface area contributed by atoms with Crippen molar-refractivity contribution < 1.29 is 4.42 Å². The van der Waals surface area contributed by atoms with E-state index in [9.17, 15) is 0 Å². The molecule has 4 heteroatoms. The lowest BCUT2D eigenvalue weighted by Gasteiger charge is -2.29. The molecule has 2 unspecified atom stereocenters. The molecule has 0 bridgehead atoms. The number of likely N-dealkylation sites (N-methyl/N-ethyl adjacent to an activating group) is 1. The Bertz CT molecular complexity index is 315. The summed E-state index contributed by atoms with van der Waals surface area (Å²) in [6.45, 7) is 2.49. The van der Waals surface area contributed by atoms with Gasteiger partial charge in [-0.05, 0) is 26.1 Å². The standard InChI is InChI=1S/C11H17N3O/c1-9(5-6-12)14(2)10(8-13)11-4-3-7-15-11/h3-4,7,9-10H,5,8,13H2,1-2H3. The molecular formula is C11H17N3O. The summed E-state index contributed by atoms with van der Waals surface area (Å²) < 4.78 is 5.33. The third-order valence-electron chi connectivity index (χ3n) is 2.67. The minimum absolute atomic E-state index is 0.0448. The van der Waals surface area contributed by atoms with E-state index >= 15 is 0 Å². The molecule has 0 fully saturated rings. The monoisotopic (exact) mass is 207 g/mol. The van der Waals surface area contributed by atoms with Gasteiger partial charge in [0.15, 0.2) is 0 Å². The van der Waals surface area contributed by atoms with Gasteiger partial charge in [0.2, 0.25) is 0 Å². The second kappa shape index (κ2) is 5.54. The van der Waals surface area contributed by atoms with Crippen LogP contribution in [0, 0.1) is 11.3 Å². The van der Waals surface area contributed by atoms with Crippen LogP contribution in [0.1, 0.15) is 25.1 Å². The largest absolute Gasteiger partial charge is 0.468 e. The Morgan fingerprint density at radius 2 is 2.40 bits per heavy atom. The maximum absolute atomic E-state index is 8.64. The first-order valence-electron chi connectivity index (χ1n) is 5.03. The van der Waals surface area contributed by atoms with Crippen LogP contribution < -0.4 is 5.73 Å². The van der Waals surface area contributed by atoms with Crippen molar-refractivity contribution in [2.75, 3.05) is 13.6 Å². The van der Waals surface area contributed by atoms with Crippen molar-refractivity contribution in [1.82, 2.24) is 4.90 Å². The first-order chi connectivity index (χ1) is 7.20. The zero-order chi connectivity index (χ0) is 11.3. The van der Waals surface area contributed by atoms with Gasteiger partial charge in [0.05, 0.1) is 24.8 Å². The van der Waals surface area contributed by atoms with Crippen LogP contribution >= 0.6 is 0 Å². The molecule has 0 saturated heterocycles. The van der Waals surface area contributed by atoms with Gasteiger partial charge in [-0.2, -0.15) is 5.26 Å². The Hall–Kier alpha value is -1.31. The van der Waals surface area contributed by atoms with E-state index in [1.54, 1.807) is 6.26 Å². The molecule has 1 heterocycles. The molecule has 2 N–H and O–H groups in total. The van der Waals surface area contributed by atoms with Crippen molar-refractivity contribution in [3.8, 4) is 6.07 Å². The van der Waals surface area contributed by atoms with E-state index in [4.69, 9.17) is 15.4 Å². The van der Waals surface area contributed by atoms with Gasteiger partial charge in [0.1, 0.15) is 5.76 Å². The molecule has 2 atom stereocenters. The molecule has 0 radical (unpaired) electrons. The van der Waals surface area contributed by atoms with Crippen LogP contribution in [0.5, 0.6) is 0 Å². The van der Waals surface area contributed by atoms with Gasteiger partial charge < -0.3 is 10.2 Å². The van der Waals surface area contributed by atoms with Crippen molar-refractivity contribution in [2.24, 2.45) is 5.73 Å². The highest BCUT2D eigenvalue weighted by molar-refractivity contribution is 5.05. The van der Waals surface area contributed by atoms with Crippen molar-refractivity contribution in [3.63, 3.8) is 0 Å². The van der Waals surface area contributed by atoms with Crippen molar-refractivity contribution >= 4 is 0 Å². The van der Waals surface area contributed by atoms with Crippen LogP contribution in [-0.2, 0) is 0 Å². The molecule has 1 aromatic rings. The van der Waals surface area contributed by atoms with Crippen molar-refractivity contribution in [2.45, 2.75) is 25.4 Å². The zero-order valence-corrected chi connectivity index (χ0v) is 9.18. The molecule has 1 aromatic heterocycles. The lowest BCUT2D eigenvalue weighted by Crippen LogP contribution is -2.36. The Labute approximate surface area is 90.3 Å². The van der Waals surface area contributed by atoms with Gasteiger partial charge in [-0.3, -0.25) is 4.90 Å². The van der Waals surface area contributed by atoms with Crippen LogP contribution in [0.2, 0.25) is 0 Å². The second-order valence-electron chi connectivity index (χ2n) is 3.64. The highest BCUT2D eigenvalue weighted by Gasteiger charge is 2.21. The van der Waals surface area contributed by atoms with Gasteiger partial charge in [-0.1, -0.05) is 0 Å². The summed E-state index contributed by atoms with van der Waals surface area (Å²) in [6.07, 6.45) is 2.13. The minimum atomic E-state index is 0.0448. The highest BCUT2D eigenvalue weighted by atomic mass is 16.3. The molecule has 4 nitrogen and oxygen atoms in total. The average molecular weight is 207 g/mol. The summed E-state index contributed by atoms with van der Waals surface area (Å²) in [6, 6.07) is 6.14. The number of nitriles is 1. The third kappa shape index (κ3) is 2.82. The molecule has 0 aliphatic heterocycles. The summed E-state index contributed by atoms with van der Waals surface area (Å²) in [5.41, 5.74) is 5.71. The molecule has 1 rings (SSSR count). The number of nitrogens with two attached hydrogens (primary N) is 1. The summed E-state index contributed by atoms with van der Waals surface area (Å²) >= 11 is 0. The smallest absolute Gasteiger partial charge is 0.122 e. The van der Waals surface area contributed by atoms with Gasteiger partial charge in [0, 0.05) is 12.6 Å². The number of hydrogen-bond donors (Lipinski definition) is 1. The van der Waals surface area contributed by atoms with Crippen LogP contribution in [0.3, 0.4) is 0 Å². The maximum Gasteiger partial charge on any atom is 0.122 e. The molecule has 0 aromatic carbocycles. The maximum atomic E-state index is 8.64. The van der Waals surface area contributed by atoms with Gasteiger partial charge in [-0.25, -0.2) is 0 Å². The first kappa shape index (κ1) is 11.8. The van der Waals surface area contributed by atoms with E-state index in [1.807, 2.05) is 26.1 Å². The molecular weight excluding hydrogens is 190 g/mol. The van der Waals surface area contributed by atoms with E-state index in [2.05, 4.69) is 11.0 Å². The second-order valence-corrected chi connectivity index (χ2v) is 3.64. The predicted molar refractivity (Wildman–Crippen MR) is 58.0 cm³/mol. The summed E-state index contributed by atoms with van der Waals surface area (Å²) in [5.74, 6) is 0.852. The molecule has 0 spiro atoms. The van der Waals surface area contributed by atoms with E-state index in [0.29, 0.717) is 13.0 Å². The molecule has 0 amide bonds. The van der Waals surface area contributed by atoms with E-state index in [-0.39, 0.29) is 12.1 Å². The summed E-state index contributed by atoms with van der Waals surface area (Å²) in [5, 5.41) is 8.64. The van der Waals surface area contributed by atoms with Crippen LogP contribution in [0.15, 0.2) is 22.8 Å². The molecule has 0 saturated carbocycles. The van der Waals surface area contributed by atoms with E-state index < -0.39 is 0 Å². The third-order valence-corrected chi connectivity index (χ3v) is 2.67. The lowest BCUT2D eigenvalue weighted by atomic mass is 10.1. The fourth-order valence-electron chi connectivity index (χ4n) is 1.55. The molecule has 82 valence electrons. The molecule has 15 heavy (non-hydrogen) atoms. The van der Waals surface area contributed by atoms with Gasteiger partial charge in [0.25, 0.3) is 0 Å². The SMILES string of the molecule is CC(CC#N)N(C)C(CN)c1ccco1. The Kier molecular flexibility index (Phi) is 4.35. The quantitative estimate of drug-likeness (QED) is 0.794. The topological polar surface area (TPSA) is 66.2 Å². The van der Waals surface area contributed by atoms with Crippen LogP contribution in [-0.4, -0.2) is 24.5 Å². The fraction of sp³-hybridized carbons (Fsp3) is 0.545. The van der Waals surface area contributed by atoms with Gasteiger partial charge in [-0.15, -0.1) is 0 Å². The number of nitrogens with zero attached hydrogens (tertiary/aromatic N) is 2. The zero-order valence-electron chi connectivity index (χ0n) is 9.18. The first-order valence-corrected chi connectivity index (χ1v) is 5.03. The summed E-state index contributed by atoms with van der Waals surface area (Å²) in [7, 11) is 1.96. The van der Waals surface area contributed by atoms with Crippen molar-refractivity contribution in [1.29, 1.82) is 5.26 Å². The normalized spacial score (nSPS) is 14.9. The fourth-order valence-corrected chi connectivity index (χ4v) is 1.55. The van der Waals surface area contributed by atoms with Gasteiger partial charge >= 0.3 is 0 Å². The Morgan fingerprint density at radius 3 is 2.87 bits per heavy atom.